The number of hydrogen-bond acceptors (Lipinski definition) is 4. The highest BCUT2D eigenvalue weighted by molar-refractivity contribution is 5.72. The first-order valence-electron chi connectivity index (χ1n) is 5.29. The SMILES string of the molecule is CC(=O)NCc1nnc(-c2ccccc2C)o1. The van der Waals surface area contributed by atoms with E-state index in [-0.39, 0.29) is 12.5 Å². The summed E-state index contributed by atoms with van der Waals surface area (Å²) in [4.78, 5) is 10.7. The fourth-order valence-electron chi connectivity index (χ4n) is 1.45. The molecule has 0 spiro atoms. The standard InChI is InChI=1S/C12H13N3O2/c1-8-5-3-4-6-10(8)12-15-14-11(17-12)7-13-9(2)16/h3-6H,7H2,1-2H3,(H,13,16). The molecule has 0 aliphatic heterocycles. The van der Waals surface area contributed by atoms with Gasteiger partial charge in [0.05, 0.1) is 6.54 Å². The molecule has 0 fully saturated rings. The van der Waals surface area contributed by atoms with Gasteiger partial charge in [0.2, 0.25) is 17.7 Å². The zero-order chi connectivity index (χ0) is 12.3. The molecule has 1 heterocycles. The highest BCUT2D eigenvalue weighted by Crippen LogP contribution is 2.21. The first kappa shape index (κ1) is 11.3. The van der Waals surface area contributed by atoms with Crippen LogP contribution in [0.15, 0.2) is 28.7 Å². The molecule has 0 unspecified atom stereocenters. The van der Waals surface area contributed by atoms with Crippen molar-refractivity contribution in [2.45, 2.75) is 20.4 Å². The monoisotopic (exact) mass is 231 g/mol. The van der Waals surface area contributed by atoms with E-state index in [9.17, 15) is 4.79 Å². The summed E-state index contributed by atoms with van der Waals surface area (Å²) in [6.07, 6.45) is 0. The molecule has 0 aliphatic carbocycles. The maximum absolute atomic E-state index is 10.7. The molecule has 0 bridgehead atoms. The van der Waals surface area contributed by atoms with Crippen LogP contribution in [0.4, 0.5) is 0 Å². The average molecular weight is 231 g/mol. The van der Waals surface area contributed by atoms with E-state index in [4.69, 9.17) is 4.42 Å². The van der Waals surface area contributed by atoms with Gasteiger partial charge in [0.15, 0.2) is 0 Å². The molecule has 1 amide bonds. The summed E-state index contributed by atoms with van der Waals surface area (Å²) < 4.78 is 5.46. The fraction of sp³-hybridized carbons (Fsp3) is 0.250. The van der Waals surface area contributed by atoms with Gasteiger partial charge in [0.25, 0.3) is 0 Å². The van der Waals surface area contributed by atoms with E-state index in [0.717, 1.165) is 11.1 Å². The number of amides is 1. The number of aryl methyl sites for hydroxylation is 1. The maximum atomic E-state index is 10.7. The Hall–Kier alpha value is -2.17. The quantitative estimate of drug-likeness (QED) is 0.872. The molecule has 1 aromatic heterocycles. The summed E-state index contributed by atoms with van der Waals surface area (Å²) in [5.74, 6) is 0.752. The van der Waals surface area contributed by atoms with Gasteiger partial charge in [-0.15, -0.1) is 10.2 Å². The van der Waals surface area contributed by atoms with Crippen LogP contribution < -0.4 is 5.32 Å². The molecular formula is C12H13N3O2. The first-order valence-corrected chi connectivity index (χ1v) is 5.29. The number of rotatable bonds is 3. The number of aromatic nitrogens is 2. The highest BCUT2D eigenvalue weighted by atomic mass is 16.4. The minimum atomic E-state index is -0.124. The summed E-state index contributed by atoms with van der Waals surface area (Å²) in [6, 6.07) is 7.77. The fourth-order valence-corrected chi connectivity index (χ4v) is 1.45. The number of carbonyl (C=O) groups excluding carboxylic acids is 1. The number of nitrogens with one attached hydrogen (secondary N) is 1. The largest absolute Gasteiger partial charge is 0.419 e. The van der Waals surface area contributed by atoms with Crippen molar-refractivity contribution in [3.05, 3.63) is 35.7 Å². The average Bonchev–Trinajstić information content (AvgIpc) is 2.75. The van der Waals surface area contributed by atoms with Crippen molar-refractivity contribution in [2.75, 3.05) is 0 Å². The normalized spacial score (nSPS) is 10.2. The Labute approximate surface area is 98.9 Å². The summed E-state index contributed by atoms with van der Waals surface area (Å²) in [5.41, 5.74) is 1.98. The van der Waals surface area contributed by atoms with E-state index < -0.39 is 0 Å². The summed E-state index contributed by atoms with van der Waals surface area (Å²) >= 11 is 0. The molecule has 5 heteroatoms. The van der Waals surface area contributed by atoms with Crippen LogP contribution >= 0.6 is 0 Å². The van der Waals surface area contributed by atoms with Crippen molar-refractivity contribution < 1.29 is 9.21 Å². The Morgan fingerprint density at radius 1 is 1.35 bits per heavy atom. The van der Waals surface area contributed by atoms with Crippen molar-refractivity contribution in [2.24, 2.45) is 0 Å². The van der Waals surface area contributed by atoms with Gasteiger partial charge in [0.1, 0.15) is 0 Å². The van der Waals surface area contributed by atoms with Crippen LogP contribution in [0.3, 0.4) is 0 Å². The second kappa shape index (κ2) is 4.78. The maximum Gasteiger partial charge on any atom is 0.248 e. The Kier molecular flexibility index (Phi) is 3.18. The van der Waals surface area contributed by atoms with Gasteiger partial charge in [-0.05, 0) is 18.6 Å². The first-order chi connectivity index (χ1) is 8.16. The number of hydrogen-bond donors (Lipinski definition) is 1. The van der Waals surface area contributed by atoms with E-state index in [1.54, 1.807) is 0 Å². The van der Waals surface area contributed by atoms with Crippen molar-refractivity contribution in [1.29, 1.82) is 0 Å². The predicted molar refractivity (Wildman–Crippen MR) is 62.0 cm³/mol. The summed E-state index contributed by atoms with van der Waals surface area (Å²) in [5, 5.41) is 10.4. The second-order valence-electron chi connectivity index (χ2n) is 3.73. The third kappa shape index (κ3) is 2.69. The molecule has 17 heavy (non-hydrogen) atoms. The van der Waals surface area contributed by atoms with Crippen LogP contribution in [0, 0.1) is 6.92 Å². The van der Waals surface area contributed by atoms with Crippen LogP contribution in [0.25, 0.3) is 11.5 Å². The Morgan fingerprint density at radius 2 is 2.12 bits per heavy atom. The molecule has 5 nitrogen and oxygen atoms in total. The van der Waals surface area contributed by atoms with Crippen molar-refractivity contribution in [1.82, 2.24) is 15.5 Å². The molecule has 0 saturated heterocycles. The lowest BCUT2D eigenvalue weighted by molar-refractivity contribution is -0.119. The summed E-state index contributed by atoms with van der Waals surface area (Å²) in [6.45, 7) is 3.68. The lowest BCUT2D eigenvalue weighted by Crippen LogP contribution is -2.18. The van der Waals surface area contributed by atoms with E-state index >= 15 is 0 Å². The topological polar surface area (TPSA) is 68.0 Å². The van der Waals surface area contributed by atoms with E-state index in [1.807, 2.05) is 31.2 Å². The van der Waals surface area contributed by atoms with Gasteiger partial charge >= 0.3 is 0 Å². The van der Waals surface area contributed by atoms with Crippen molar-refractivity contribution in [3.8, 4) is 11.5 Å². The lowest BCUT2D eigenvalue weighted by atomic mass is 10.1. The van der Waals surface area contributed by atoms with Crippen LogP contribution in [0.5, 0.6) is 0 Å². The van der Waals surface area contributed by atoms with E-state index in [0.29, 0.717) is 11.8 Å². The third-order valence-corrected chi connectivity index (χ3v) is 2.33. The third-order valence-electron chi connectivity index (χ3n) is 2.33. The van der Waals surface area contributed by atoms with Gasteiger partial charge in [-0.3, -0.25) is 4.79 Å². The minimum Gasteiger partial charge on any atom is -0.419 e. The van der Waals surface area contributed by atoms with Crippen LogP contribution in [0.1, 0.15) is 18.4 Å². The number of benzene rings is 1. The molecule has 2 rings (SSSR count). The van der Waals surface area contributed by atoms with Gasteiger partial charge < -0.3 is 9.73 Å². The predicted octanol–water partition coefficient (Wildman–Crippen LogP) is 1.68. The molecule has 0 saturated carbocycles. The zero-order valence-electron chi connectivity index (χ0n) is 9.73. The molecule has 0 radical (unpaired) electrons. The van der Waals surface area contributed by atoms with Crippen molar-refractivity contribution >= 4 is 5.91 Å². The lowest BCUT2D eigenvalue weighted by Gasteiger charge is -1.99. The van der Waals surface area contributed by atoms with Gasteiger partial charge in [-0.25, -0.2) is 0 Å². The smallest absolute Gasteiger partial charge is 0.248 e. The van der Waals surface area contributed by atoms with Crippen LogP contribution in [-0.2, 0) is 11.3 Å². The van der Waals surface area contributed by atoms with E-state index in [2.05, 4.69) is 15.5 Å². The van der Waals surface area contributed by atoms with Gasteiger partial charge in [-0.1, -0.05) is 18.2 Å². The Balaban J connectivity index is 2.18. The van der Waals surface area contributed by atoms with Gasteiger partial charge in [-0.2, -0.15) is 0 Å². The number of nitrogens with zero attached hydrogens (tertiary/aromatic N) is 2. The van der Waals surface area contributed by atoms with Crippen LogP contribution in [0.2, 0.25) is 0 Å². The highest BCUT2D eigenvalue weighted by Gasteiger charge is 2.10. The minimum absolute atomic E-state index is 0.124. The molecule has 88 valence electrons. The number of carbonyl (C=O) groups is 1. The molecule has 0 aliphatic rings. The molecule has 0 atom stereocenters. The molecular weight excluding hydrogens is 218 g/mol. The zero-order valence-corrected chi connectivity index (χ0v) is 9.73. The Morgan fingerprint density at radius 3 is 2.82 bits per heavy atom. The Bertz CT molecular complexity index is 534. The van der Waals surface area contributed by atoms with Crippen molar-refractivity contribution in [3.63, 3.8) is 0 Å². The van der Waals surface area contributed by atoms with Crippen LogP contribution in [-0.4, -0.2) is 16.1 Å². The van der Waals surface area contributed by atoms with E-state index in [1.165, 1.54) is 6.92 Å². The molecule has 1 aromatic carbocycles. The molecule has 2 aromatic rings. The second-order valence-corrected chi connectivity index (χ2v) is 3.73. The summed E-state index contributed by atoms with van der Waals surface area (Å²) in [7, 11) is 0. The molecule has 1 N–H and O–H groups in total. The van der Waals surface area contributed by atoms with Gasteiger partial charge in [0, 0.05) is 12.5 Å².